The van der Waals surface area contributed by atoms with Gasteiger partial charge in [0, 0.05) is 14.1 Å². The molecule has 0 unspecified atom stereocenters. The van der Waals surface area contributed by atoms with Crippen molar-refractivity contribution in [3.05, 3.63) is 64.4 Å². The summed E-state index contributed by atoms with van der Waals surface area (Å²) in [5, 5.41) is 0.728. The van der Waals surface area contributed by atoms with Gasteiger partial charge in [0.15, 0.2) is 5.16 Å². The fourth-order valence-electron chi connectivity index (χ4n) is 3.18. The smallest absolute Gasteiger partial charge is 0.266 e. The summed E-state index contributed by atoms with van der Waals surface area (Å²) in [6.45, 7) is 6.19. The van der Waals surface area contributed by atoms with E-state index in [9.17, 15) is 9.59 Å². The van der Waals surface area contributed by atoms with Crippen molar-refractivity contribution in [1.29, 1.82) is 0 Å². The molecule has 6 heteroatoms. The number of hydrogen-bond donors (Lipinski definition) is 0. The number of amides is 1. The normalized spacial score (nSPS) is 13.3. The number of nitrogens with zero attached hydrogens (tertiary/aromatic N) is 3. The van der Waals surface area contributed by atoms with Crippen LogP contribution >= 0.6 is 11.8 Å². The highest BCUT2D eigenvalue weighted by Gasteiger charge is 2.21. The van der Waals surface area contributed by atoms with Gasteiger partial charge in [-0.1, -0.05) is 49.9 Å². The van der Waals surface area contributed by atoms with E-state index in [4.69, 9.17) is 4.98 Å². The Morgan fingerprint density at radius 3 is 2.38 bits per heavy atom. The average Bonchev–Trinajstić information content (AvgIpc) is 2.73. The summed E-state index contributed by atoms with van der Waals surface area (Å²) in [5.74, 6) is 0.443. The average molecular weight is 410 g/mol. The maximum atomic E-state index is 13.3. The third-order valence-electron chi connectivity index (χ3n) is 5.15. The molecule has 2 aromatic carbocycles. The zero-order valence-electron chi connectivity index (χ0n) is 17.5. The van der Waals surface area contributed by atoms with Crippen LogP contribution in [-0.2, 0) is 4.79 Å². The fraction of sp³-hybridized carbons (Fsp3) is 0.348. The van der Waals surface area contributed by atoms with Crippen molar-refractivity contribution in [2.45, 2.75) is 43.5 Å². The maximum Gasteiger partial charge on any atom is 0.266 e. The minimum Gasteiger partial charge on any atom is -0.348 e. The van der Waals surface area contributed by atoms with Crippen molar-refractivity contribution in [1.82, 2.24) is 14.5 Å². The summed E-state index contributed by atoms with van der Waals surface area (Å²) in [6, 6.07) is 15.4. The van der Waals surface area contributed by atoms with E-state index < -0.39 is 0 Å². The Kier molecular flexibility index (Phi) is 6.42. The van der Waals surface area contributed by atoms with Crippen LogP contribution in [0.25, 0.3) is 16.6 Å². The van der Waals surface area contributed by atoms with Crippen molar-refractivity contribution in [3.63, 3.8) is 0 Å². The van der Waals surface area contributed by atoms with Gasteiger partial charge in [-0.2, -0.15) is 0 Å². The molecule has 3 aromatic rings. The highest BCUT2D eigenvalue weighted by atomic mass is 32.2. The molecule has 0 saturated carbocycles. The molecular formula is C23H27N3O2S. The van der Waals surface area contributed by atoms with Crippen LogP contribution in [0.4, 0.5) is 0 Å². The number of benzene rings is 2. The quantitative estimate of drug-likeness (QED) is 0.445. The Morgan fingerprint density at radius 2 is 1.76 bits per heavy atom. The van der Waals surface area contributed by atoms with Gasteiger partial charge in [-0.25, -0.2) is 4.98 Å². The molecule has 1 heterocycles. The first kappa shape index (κ1) is 21.1. The molecule has 152 valence electrons. The number of hydrogen-bond acceptors (Lipinski definition) is 4. The molecule has 0 aliphatic rings. The lowest BCUT2D eigenvalue weighted by Crippen LogP contribution is -2.31. The van der Waals surface area contributed by atoms with Crippen LogP contribution in [-0.4, -0.2) is 39.7 Å². The molecule has 0 radical (unpaired) electrons. The lowest BCUT2D eigenvalue weighted by Gasteiger charge is -2.19. The first-order valence-corrected chi connectivity index (χ1v) is 10.7. The molecule has 0 aliphatic carbocycles. The SMILES string of the molecule is CC[C@@H](C)c1ccc(-n2c(S[C@H](C)C(=O)N(C)C)nc3ccccc3c2=O)cc1. The van der Waals surface area contributed by atoms with E-state index in [-0.39, 0.29) is 16.7 Å². The monoisotopic (exact) mass is 409 g/mol. The number of thioether (sulfide) groups is 1. The van der Waals surface area contributed by atoms with Crippen molar-refractivity contribution in [2.24, 2.45) is 0 Å². The number of rotatable bonds is 6. The van der Waals surface area contributed by atoms with E-state index in [0.29, 0.717) is 22.0 Å². The van der Waals surface area contributed by atoms with E-state index in [1.807, 2.05) is 37.3 Å². The first-order chi connectivity index (χ1) is 13.8. The maximum absolute atomic E-state index is 13.3. The van der Waals surface area contributed by atoms with Gasteiger partial charge < -0.3 is 4.90 Å². The van der Waals surface area contributed by atoms with E-state index >= 15 is 0 Å². The largest absolute Gasteiger partial charge is 0.348 e. The Morgan fingerprint density at radius 1 is 1.10 bits per heavy atom. The van der Waals surface area contributed by atoms with Gasteiger partial charge in [0.05, 0.1) is 21.8 Å². The second-order valence-corrected chi connectivity index (χ2v) is 8.75. The van der Waals surface area contributed by atoms with Crippen molar-refractivity contribution < 1.29 is 4.79 Å². The Hall–Kier alpha value is -2.60. The van der Waals surface area contributed by atoms with E-state index in [1.54, 1.807) is 29.6 Å². The fourth-order valence-corrected chi connectivity index (χ4v) is 4.25. The lowest BCUT2D eigenvalue weighted by molar-refractivity contribution is -0.127. The zero-order chi connectivity index (χ0) is 21.1. The van der Waals surface area contributed by atoms with Gasteiger partial charge >= 0.3 is 0 Å². The Labute approximate surface area is 175 Å². The van der Waals surface area contributed by atoms with Gasteiger partial charge in [-0.15, -0.1) is 0 Å². The minimum absolute atomic E-state index is 0.0175. The van der Waals surface area contributed by atoms with Gasteiger partial charge in [0.25, 0.3) is 5.56 Å². The second-order valence-electron chi connectivity index (χ2n) is 7.45. The van der Waals surface area contributed by atoms with Crippen LogP contribution < -0.4 is 5.56 Å². The van der Waals surface area contributed by atoms with Crippen LogP contribution in [0.1, 0.15) is 38.7 Å². The topological polar surface area (TPSA) is 55.2 Å². The van der Waals surface area contributed by atoms with Crippen molar-refractivity contribution in [3.8, 4) is 5.69 Å². The van der Waals surface area contributed by atoms with E-state index in [2.05, 4.69) is 26.0 Å². The first-order valence-electron chi connectivity index (χ1n) is 9.83. The number of carbonyl (C=O) groups excluding carboxylic acids is 1. The van der Waals surface area contributed by atoms with Gasteiger partial charge in [0.1, 0.15) is 0 Å². The molecule has 3 rings (SSSR count). The van der Waals surface area contributed by atoms with Crippen molar-refractivity contribution in [2.75, 3.05) is 14.1 Å². The standard InChI is InChI=1S/C23H27N3O2S/c1-6-15(2)17-11-13-18(14-12-17)26-22(28)19-9-7-8-10-20(19)24-23(26)29-16(3)21(27)25(4)5/h7-16H,6H2,1-5H3/t15-,16-/m1/s1. The number of para-hydroxylation sites is 1. The summed E-state index contributed by atoms with van der Waals surface area (Å²) < 4.78 is 1.62. The minimum atomic E-state index is -0.358. The van der Waals surface area contributed by atoms with E-state index in [0.717, 1.165) is 12.1 Å². The predicted molar refractivity (Wildman–Crippen MR) is 120 cm³/mol. The van der Waals surface area contributed by atoms with Gasteiger partial charge in [-0.05, 0) is 49.1 Å². The van der Waals surface area contributed by atoms with Gasteiger partial charge in [0.2, 0.25) is 5.91 Å². The molecule has 1 aromatic heterocycles. The van der Waals surface area contributed by atoms with Crippen LogP contribution in [0.3, 0.4) is 0 Å². The number of aromatic nitrogens is 2. The summed E-state index contributed by atoms with van der Waals surface area (Å²) in [6.07, 6.45) is 1.06. The van der Waals surface area contributed by atoms with Crippen LogP contribution in [0, 0.1) is 0 Å². The molecule has 0 aliphatic heterocycles. The van der Waals surface area contributed by atoms with Crippen LogP contribution in [0.2, 0.25) is 0 Å². The molecule has 0 bridgehead atoms. The van der Waals surface area contributed by atoms with Gasteiger partial charge in [-0.3, -0.25) is 14.2 Å². The lowest BCUT2D eigenvalue weighted by atomic mass is 9.98. The summed E-state index contributed by atoms with van der Waals surface area (Å²) in [5.41, 5.74) is 2.51. The molecule has 0 saturated heterocycles. The third-order valence-corrected chi connectivity index (χ3v) is 6.19. The summed E-state index contributed by atoms with van der Waals surface area (Å²) >= 11 is 1.31. The van der Waals surface area contributed by atoms with E-state index in [1.165, 1.54) is 17.3 Å². The Balaban J connectivity index is 2.14. The molecule has 0 spiro atoms. The molecule has 0 fully saturated rings. The van der Waals surface area contributed by atoms with Crippen LogP contribution in [0.15, 0.2) is 58.5 Å². The third kappa shape index (κ3) is 4.37. The predicted octanol–water partition coefficient (Wildman–Crippen LogP) is 4.47. The van der Waals surface area contributed by atoms with Crippen LogP contribution in [0.5, 0.6) is 0 Å². The summed E-state index contributed by atoms with van der Waals surface area (Å²) in [4.78, 5) is 32.0. The Bertz CT molecular complexity index is 1070. The highest BCUT2D eigenvalue weighted by Crippen LogP contribution is 2.27. The zero-order valence-corrected chi connectivity index (χ0v) is 18.4. The molecule has 29 heavy (non-hydrogen) atoms. The second kappa shape index (κ2) is 8.82. The highest BCUT2D eigenvalue weighted by molar-refractivity contribution is 8.00. The number of fused-ring (bicyclic) bond motifs is 1. The van der Waals surface area contributed by atoms with Crippen molar-refractivity contribution >= 4 is 28.6 Å². The molecular weight excluding hydrogens is 382 g/mol. The molecule has 0 N–H and O–H groups in total. The molecule has 2 atom stereocenters. The number of carbonyl (C=O) groups is 1. The summed E-state index contributed by atoms with van der Waals surface area (Å²) in [7, 11) is 3.46. The molecule has 5 nitrogen and oxygen atoms in total. The molecule has 1 amide bonds.